The zero-order valence-electron chi connectivity index (χ0n) is 10.5. The van der Waals surface area contributed by atoms with E-state index < -0.39 is 20.7 Å². The summed E-state index contributed by atoms with van der Waals surface area (Å²) in [5.41, 5.74) is 0.675. The van der Waals surface area contributed by atoms with Gasteiger partial charge < -0.3 is 4.74 Å². The summed E-state index contributed by atoms with van der Waals surface area (Å²) >= 11 is 11.7. The monoisotopic (exact) mass is 349 g/mol. The summed E-state index contributed by atoms with van der Waals surface area (Å²) in [7, 11) is -4.09. The number of benzene rings is 2. The molecule has 2 rings (SSSR count). The van der Waals surface area contributed by atoms with Crippen LogP contribution in [0.2, 0.25) is 10.0 Å². The molecule has 0 unspecified atom stereocenters. The van der Waals surface area contributed by atoms with E-state index in [-0.39, 0.29) is 12.4 Å². The number of hydrogen-bond donors (Lipinski definition) is 1. The van der Waals surface area contributed by atoms with Crippen LogP contribution in [0, 0.1) is 5.82 Å². The molecule has 2 N–H and O–H groups in total. The Balaban J connectivity index is 2.26. The van der Waals surface area contributed by atoms with Crippen molar-refractivity contribution in [3.05, 3.63) is 57.8 Å². The summed E-state index contributed by atoms with van der Waals surface area (Å²) < 4.78 is 41.3. The molecule has 4 nitrogen and oxygen atoms in total. The molecule has 0 radical (unpaired) electrons. The van der Waals surface area contributed by atoms with Gasteiger partial charge in [-0.15, -0.1) is 0 Å². The van der Waals surface area contributed by atoms with Crippen LogP contribution in [0.3, 0.4) is 0 Å². The van der Waals surface area contributed by atoms with E-state index in [0.29, 0.717) is 15.6 Å². The second-order valence-corrected chi connectivity index (χ2v) is 6.52. The lowest BCUT2D eigenvalue weighted by molar-refractivity contribution is 0.297. The third-order valence-electron chi connectivity index (χ3n) is 2.59. The molecule has 2 aromatic rings. The van der Waals surface area contributed by atoms with E-state index in [1.54, 1.807) is 18.2 Å². The maximum Gasteiger partial charge on any atom is 0.241 e. The topological polar surface area (TPSA) is 69.4 Å². The lowest BCUT2D eigenvalue weighted by atomic mass is 10.2. The van der Waals surface area contributed by atoms with Crippen molar-refractivity contribution in [1.29, 1.82) is 0 Å². The van der Waals surface area contributed by atoms with Crippen LogP contribution < -0.4 is 9.88 Å². The van der Waals surface area contributed by atoms with Crippen LogP contribution in [-0.2, 0) is 16.6 Å². The highest BCUT2D eigenvalue weighted by atomic mass is 35.5. The van der Waals surface area contributed by atoms with Crippen LogP contribution in [-0.4, -0.2) is 8.42 Å². The molecule has 0 aliphatic heterocycles. The number of halogens is 3. The Hall–Kier alpha value is -1.34. The van der Waals surface area contributed by atoms with Crippen molar-refractivity contribution < 1.29 is 17.5 Å². The molecule has 0 fully saturated rings. The lowest BCUT2D eigenvalue weighted by Gasteiger charge is -2.11. The molecule has 0 aliphatic rings. The number of hydrogen-bond acceptors (Lipinski definition) is 3. The standard InChI is InChI=1S/C13H10Cl2FNO3S/c14-10-3-1-8(5-11(10)15)7-20-12-4-2-9(16)6-13(12)21(17,18)19/h1-6H,7H2,(H2,17,18,19). The molecule has 21 heavy (non-hydrogen) atoms. The molecule has 0 saturated heterocycles. The summed E-state index contributed by atoms with van der Waals surface area (Å²) in [6.07, 6.45) is 0. The van der Waals surface area contributed by atoms with Gasteiger partial charge in [-0.25, -0.2) is 17.9 Å². The summed E-state index contributed by atoms with van der Waals surface area (Å²) in [6.45, 7) is 0.0328. The van der Waals surface area contributed by atoms with Gasteiger partial charge >= 0.3 is 0 Å². The quantitative estimate of drug-likeness (QED) is 0.919. The van der Waals surface area contributed by atoms with E-state index in [4.69, 9.17) is 33.1 Å². The maximum absolute atomic E-state index is 13.1. The first kappa shape index (κ1) is 16.0. The van der Waals surface area contributed by atoms with Crippen LogP contribution in [0.25, 0.3) is 0 Å². The average Bonchev–Trinajstić information content (AvgIpc) is 2.40. The SMILES string of the molecule is NS(=O)(=O)c1cc(F)ccc1OCc1ccc(Cl)c(Cl)c1. The van der Waals surface area contributed by atoms with E-state index >= 15 is 0 Å². The van der Waals surface area contributed by atoms with Crippen molar-refractivity contribution in [2.45, 2.75) is 11.5 Å². The van der Waals surface area contributed by atoms with Crippen LogP contribution in [0.4, 0.5) is 4.39 Å². The molecule has 112 valence electrons. The van der Waals surface area contributed by atoms with Crippen molar-refractivity contribution in [2.75, 3.05) is 0 Å². The summed E-state index contributed by atoms with van der Waals surface area (Å²) in [5.74, 6) is -0.758. The van der Waals surface area contributed by atoms with Gasteiger partial charge in [0.1, 0.15) is 23.1 Å². The molecule has 0 amide bonds. The minimum Gasteiger partial charge on any atom is -0.487 e. The van der Waals surface area contributed by atoms with E-state index in [1.807, 2.05) is 0 Å². The predicted octanol–water partition coefficient (Wildman–Crippen LogP) is 3.36. The summed E-state index contributed by atoms with van der Waals surface area (Å²) in [4.78, 5) is -0.414. The minimum atomic E-state index is -4.09. The van der Waals surface area contributed by atoms with Gasteiger partial charge in [0.2, 0.25) is 10.0 Å². The summed E-state index contributed by atoms with van der Waals surface area (Å²) in [5, 5.41) is 5.77. The molecule has 2 aromatic carbocycles. The van der Waals surface area contributed by atoms with Gasteiger partial charge in [0.15, 0.2) is 0 Å². The number of nitrogens with two attached hydrogens (primary N) is 1. The number of rotatable bonds is 4. The number of sulfonamides is 1. The Morgan fingerprint density at radius 3 is 2.43 bits per heavy atom. The molecule has 0 atom stereocenters. The molecule has 0 heterocycles. The van der Waals surface area contributed by atoms with Gasteiger partial charge in [-0.3, -0.25) is 0 Å². The minimum absolute atomic E-state index is 0.0328. The Morgan fingerprint density at radius 1 is 1.10 bits per heavy atom. The zero-order valence-corrected chi connectivity index (χ0v) is 12.8. The highest BCUT2D eigenvalue weighted by Crippen LogP contribution is 2.26. The van der Waals surface area contributed by atoms with Gasteiger partial charge in [0.25, 0.3) is 0 Å². The van der Waals surface area contributed by atoms with Crippen molar-refractivity contribution in [3.8, 4) is 5.75 Å². The zero-order chi connectivity index (χ0) is 15.6. The van der Waals surface area contributed by atoms with Crippen LogP contribution in [0.5, 0.6) is 5.75 Å². The second kappa shape index (κ2) is 6.19. The highest BCUT2D eigenvalue weighted by molar-refractivity contribution is 7.89. The van der Waals surface area contributed by atoms with E-state index in [9.17, 15) is 12.8 Å². The van der Waals surface area contributed by atoms with Crippen molar-refractivity contribution in [1.82, 2.24) is 0 Å². The molecule has 0 saturated carbocycles. The van der Waals surface area contributed by atoms with Crippen molar-refractivity contribution >= 4 is 33.2 Å². The fraction of sp³-hybridized carbons (Fsp3) is 0.0769. The molecule has 0 bridgehead atoms. The molecule has 0 aromatic heterocycles. The smallest absolute Gasteiger partial charge is 0.241 e. The summed E-state index contributed by atoms with van der Waals surface area (Å²) in [6, 6.07) is 7.94. The Bertz CT molecular complexity index is 781. The van der Waals surface area contributed by atoms with Crippen molar-refractivity contribution in [3.63, 3.8) is 0 Å². The maximum atomic E-state index is 13.1. The highest BCUT2D eigenvalue weighted by Gasteiger charge is 2.16. The first-order valence-electron chi connectivity index (χ1n) is 5.66. The van der Waals surface area contributed by atoms with Gasteiger partial charge in [-0.1, -0.05) is 29.3 Å². The van der Waals surface area contributed by atoms with Crippen LogP contribution in [0.15, 0.2) is 41.3 Å². The van der Waals surface area contributed by atoms with E-state index in [0.717, 1.165) is 12.1 Å². The first-order valence-corrected chi connectivity index (χ1v) is 7.96. The number of primary sulfonamides is 1. The third-order valence-corrected chi connectivity index (χ3v) is 4.26. The average molecular weight is 350 g/mol. The second-order valence-electron chi connectivity index (χ2n) is 4.17. The first-order chi connectivity index (χ1) is 9.77. The van der Waals surface area contributed by atoms with Gasteiger partial charge in [0, 0.05) is 0 Å². The fourth-order valence-corrected chi connectivity index (χ4v) is 2.62. The normalized spacial score (nSPS) is 11.4. The predicted molar refractivity (Wildman–Crippen MR) is 78.6 cm³/mol. The fourth-order valence-electron chi connectivity index (χ4n) is 1.61. The molecule has 0 spiro atoms. The van der Waals surface area contributed by atoms with Crippen molar-refractivity contribution in [2.24, 2.45) is 5.14 Å². The van der Waals surface area contributed by atoms with E-state index in [1.165, 1.54) is 6.07 Å². The Kier molecular flexibility index (Phi) is 4.73. The largest absolute Gasteiger partial charge is 0.487 e. The third kappa shape index (κ3) is 4.07. The Labute approximate surface area is 131 Å². The van der Waals surface area contributed by atoms with E-state index in [2.05, 4.69) is 0 Å². The molecular weight excluding hydrogens is 340 g/mol. The van der Waals surface area contributed by atoms with Gasteiger partial charge in [-0.2, -0.15) is 0 Å². The molecule has 8 heteroatoms. The molecule has 0 aliphatic carbocycles. The van der Waals surface area contributed by atoms with Gasteiger partial charge in [0.05, 0.1) is 10.0 Å². The van der Waals surface area contributed by atoms with Crippen LogP contribution >= 0.6 is 23.2 Å². The Morgan fingerprint density at radius 2 is 1.81 bits per heavy atom. The molecular formula is C13H10Cl2FNO3S. The van der Waals surface area contributed by atoms with Crippen LogP contribution in [0.1, 0.15) is 5.56 Å². The lowest BCUT2D eigenvalue weighted by Crippen LogP contribution is -2.14. The number of ether oxygens (including phenoxy) is 1. The van der Waals surface area contributed by atoms with Gasteiger partial charge in [-0.05, 0) is 35.9 Å².